The highest BCUT2D eigenvalue weighted by molar-refractivity contribution is 7.98. The Morgan fingerprint density at radius 2 is 2.20 bits per heavy atom. The molecule has 0 saturated heterocycles. The topological polar surface area (TPSA) is 41.6 Å². The first-order valence-corrected chi connectivity index (χ1v) is 4.25. The van der Waals surface area contributed by atoms with Crippen LogP contribution >= 0.6 is 11.9 Å². The lowest BCUT2D eigenvalue weighted by atomic mass is 10.6. The van der Waals surface area contributed by atoms with Crippen molar-refractivity contribution in [2.24, 2.45) is 10.1 Å². The third kappa shape index (κ3) is 4.49. The summed E-state index contributed by atoms with van der Waals surface area (Å²) in [7, 11) is 3.76. The highest BCUT2D eigenvalue weighted by Gasteiger charge is 1.91. The van der Waals surface area contributed by atoms with E-state index in [0.717, 1.165) is 12.2 Å². The van der Waals surface area contributed by atoms with Crippen molar-refractivity contribution in [2.45, 2.75) is 13.3 Å². The Hall–Kier alpha value is -0.380. The minimum Gasteiger partial charge on any atom is -0.369 e. The fourth-order valence-corrected chi connectivity index (χ4v) is 0.854. The molecule has 0 unspecified atom stereocenters. The van der Waals surface area contributed by atoms with Crippen LogP contribution in [0, 0.1) is 0 Å². The first-order valence-electron chi connectivity index (χ1n) is 3.31. The summed E-state index contributed by atoms with van der Waals surface area (Å²) in [6.45, 7) is 2.12. The van der Waals surface area contributed by atoms with Crippen LogP contribution < -0.4 is 5.73 Å². The number of rotatable bonds is 3. The lowest BCUT2D eigenvalue weighted by Crippen LogP contribution is -2.29. The molecular weight excluding hydrogens is 146 g/mol. The van der Waals surface area contributed by atoms with E-state index in [4.69, 9.17) is 5.73 Å². The van der Waals surface area contributed by atoms with Gasteiger partial charge in [-0.15, -0.1) is 0 Å². The molecular formula is C6H15N3S. The van der Waals surface area contributed by atoms with Crippen LogP contribution in [0.1, 0.15) is 13.3 Å². The van der Waals surface area contributed by atoms with Gasteiger partial charge in [0, 0.05) is 19.8 Å². The standard InChI is InChI=1S/C6H15N3S/c1-4-5-10-8-6(7)9(2)3/h4-5H2,1-3H3,(H2,7,8). The number of hydrogen-bond acceptors (Lipinski definition) is 2. The van der Waals surface area contributed by atoms with Crippen LogP contribution in [-0.4, -0.2) is 30.7 Å². The summed E-state index contributed by atoms with van der Waals surface area (Å²) in [4.78, 5) is 1.79. The van der Waals surface area contributed by atoms with E-state index in [1.165, 1.54) is 11.9 Å². The Morgan fingerprint density at radius 3 is 2.60 bits per heavy atom. The number of nitrogens with zero attached hydrogens (tertiary/aromatic N) is 2. The van der Waals surface area contributed by atoms with Crippen molar-refractivity contribution in [3.05, 3.63) is 0 Å². The number of guanidine groups is 1. The molecule has 0 amide bonds. The summed E-state index contributed by atoms with van der Waals surface area (Å²) >= 11 is 1.51. The fraction of sp³-hybridized carbons (Fsp3) is 0.833. The summed E-state index contributed by atoms with van der Waals surface area (Å²) in [5.41, 5.74) is 5.51. The quantitative estimate of drug-likeness (QED) is 0.290. The summed E-state index contributed by atoms with van der Waals surface area (Å²) in [6.07, 6.45) is 1.13. The van der Waals surface area contributed by atoms with Gasteiger partial charge < -0.3 is 10.6 Å². The second kappa shape index (κ2) is 5.41. The van der Waals surface area contributed by atoms with Gasteiger partial charge in [0.25, 0.3) is 0 Å². The van der Waals surface area contributed by atoms with Gasteiger partial charge in [0.05, 0.1) is 0 Å². The van der Waals surface area contributed by atoms with Crippen molar-refractivity contribution in [1.29, 1.82) is 0 Å². The van der Waals surface area contributed by atoms with Crippen LogP contribution in [0.3, 0.4) is 0 Å². The highest BCUT2D eigenvalue weighted by Crippen LogP contribution is 2.02. The van der Waals surface area contributed by atoms with Gasteiger partial charge in [0.15, 0.2) is 0 Å². The molecule has 0 aromatic heterocycles. The molecule has 0 bridgehead atoms. The molecule has 0 rings (SSSR count). The molecule has 0 saturated carbocycles. The van der Waals surface area contributed by atoms with Gasteiger partial charge in [-0.2, -0.15) is 4.40 Å². The molecule has 0 atom stereocenters. The van der Waals surface area contributed by atoms with E-state index in [1.54, 1.807) is 4.90 Å². The summed E-state index contributed by atoms with van der Waals surface area (Å²) in [5, 5.41) is 0. The predicted molar refractivity (Wildman–Crippen MR) is 48.1 cm³/mol. The van der Waals surface area contributed by atoms with Crippen LogP contribution in [0.25, 0.3) is 0 Å². The average Bonchev–Trinajstić information content (AvgIpc) is 1.88. The summed E-state index contributed by atoms with van der Waals surface area (Å²) in [5.74, 6) is 1.62. The zero-order valence-electron chi connectivity index (χ0n) is 6.79. The molecule has 2 N–H and O–H groups in total. The molecule has 10 heavy (non-hydrogen) atoms. The lowest BCUT2D eigenvalue weighted by Gasteiger charge is -2.08. The average molecular weight is 161 g/mol. The summed E-state index contributed by atoms with van der Waals surface area (Å²) < 4.78 is 4.05. The fourth-order valence-electron chi connectivity index (χ4n) is 0.285. The Bertz CT molecular complexity index is 112. The second-order valence-corrected chi connectivity index (χ2v) is 3.03. The van der Waals surface area contributed by atoms with Gasteiger partial charge in [0.2, 0.25) is 5.96 Å². The maximum absolute atomic E-state index is 5.51. The Labute approximate surface area is 66.8 Å². The zero-order valence-corrected chi connectivity index (χ0v) is 7.61. The molecule has 3 nitrogen and oxygen atoms in total. The molecule has 0 heterocycles. The highest BCUT2D eigenvalue weighted by atomic mass is 32.2. The van der Waals surface area contributed by atoms with Crippen LogP contribution in [0.2, 0.25) is 0 Å². The lowest BCUT2D eigenvalue weighted by molar-refractivity contribution is 0.617. The van der Waals surface area contributed by atoms with Crippen LogP contribution in [0.5, 0.6) is 0 Å². The Balaban J connectivity index is 3.48. The third-order valence-corrected chi connectivity index (χ3v) is 1.82. The largest absolute Gasteiger partial charge is 0.369 e. The minimum atomic E-state index is 0.582. The Kier molecular flexibility index (Phi) is 5.20. The van der Waals surface area contributed by atoms with Crippen molar-refractivity contribution < 1.29 is 0 Å². The van der Waals surface area contributed by atoms with Gasteiger partial charge in [-0.05, 0) is 18.4 Å². The number of nitrogens with two attached hydrogens (primary N) is 1. The third-order valence-electron chi connectivity index (χ3n) is 0.912. The monoisotopic (exact) mass is 161 g/mol. The van der Waals surface area contributed by atoms with Gasteiger partial charge >= 0.3 is 0 Å². The van der Waals surface area contributed by atoms with E-state index >= 15 is 0 Å². The first-order chi connectivity index (χ1) is 4.68. The predicted octanol–water partition coefficient (Wildman–Crippen LogP) is 0.921. The van der Waals surface area contributed by atoms with Gasteiger partial charge in [-0.3, -0.25) is 0 Å². The van der Waals surface area contributed by atoms with Crippen molar-refractivity contribution in [1.82, 2.24) is 4.90 Å². The molecule has 0 fully saturated rings. The molecule has 0 aliphatic carbocycles. The second-order valence-electron chi connectivity index (χ2n) is 2.18. The van der Waals surface area contributed by atoms with E-state index < -0.39 is 0 Å². The normalized spacial score (nSPS) is 11.7. The zero-order chi connectivity index (χ0) is 7.98. The maximum atomic E-state index is 5.51. The minimum absolute atomic E-state index is 0.582. The van der Waals surface area contributed by atoms with E-state index in [2.05, 4.69) is 11.3 Å². The Morgan fingerprint density at radius 1 is 1.60 bits per heavy atom. The van der Waals surface area contributed by atoms with Crippen LogP contribution in [-0.2, 0) is 0 Å². The molecule has 0 aromatic carbocycles. The van der Waals surface area contributed by atoms with E-state index in [0.29, 0.717) is 5.96 Å². The van der Waals surface area contributed by atoms with Gasteiger partial charge in [-0.25, -0.2) is 0 Å². The maximum Gasteiger partial charge on any atom is 0.202 e. The van der Waals surface area contributed by atoms with E-state index in [1.807, 2.05) is 14.1 Å². The van der Waals surface area contributed by atoms with Crippen molar-refractivity contribution >= 4 is 17.9 Å². The molecule has 0 aliphatic heterocycles. The number of hydrogen-bond donors (Lipinski definition) is 1. The molecule has 0 aromatic rings. The van der Waals surface area contributed by atoms with Crippen molar-refractivity contribution in [2.75, 3.05) is 19.8 Å². The van der Waals surface area contributed by atoms with Crippen molar-refractivity contribution in [3.63, 3.8) is 0 Å². The molecule has 0 spiro atoms. The van der Waals surface area contributed by atoms with E-state index in [9.17, 15) is 0 Å². The SMILES string of the molecule is CCCSN=C(N)N(C)C. The molecule has 4 heteroatoms. The summed E-state index contributed by atoms with van der Waals surface area (Å²) in [6, 6.07) is 0. The van der Waals surface area contributed by atoms with Gasteiger partial charge in [-0.1, -0.05) is 6.92 Å². The molecule has 0 aliphatic rings. The van der Waals surface area contributed by atoms with Gasteiger partial charge in [0.1, 0.15) is 0 Å². The smallest absolute Gasteiger partial charge is 0.202 e. The first kappa shape index (κ1) is 9.62. The molecule has 0 radical (unpaired) electrons. The van der Waals surface area contributed by atoms with Crippen LogP contribution in [0.4, 0.5) is 0 Å². The molecule has 60 valence electrons. The van der Waals surface area contributed by atoms with Crippen LogP contribution in [0.15, 0.2) is 4.40 Å². The van der Waals surface area contributed by atoms with E-state index in [-0.39, 0.29) is 0 Å². The van der Waals surface area contributed by atoms with Crippen molar-refractivity contribution in [3.8, 4) is 0 Å².